The van der Waals surface area contributed by atoms with E-state index in [9.17, 15) is 0 Å². The van der Waals surface area contributed by atoms with Crippen LogP contribution in [0.5, 0.6) is 5.75 Å². The fraction of sp³-hybridized carbons (Fsp3) is 0.556. The average Bonchev–Trinajstić information content (AvgIpc) is 2.47. The molecule has 0 saturated carbocycles. The lowest BCUT2D eigenvalue weighted by Crippen LogP contribution is -2.55. The Morgan fingerprint density at radius 1 is 1.50 bits per heavy atom. The van der Waals surface area contributed by atoms with Gasteiger partial charge in [-0.1, -0.05) is 12.1 Å². The van der Waals surface area contributed by atoms with E-state index in [0.717, 1.165) is 24.6 Å². The van der Waals surface area contributed by atoms with Crippen LogP contribution in [0.15, 0.2) is 30.9 Å². The van der Waals surface area contributed by atoms with Crippen LogP contribution in [0.3, 0.4) is 0 Å². The number of nitrogens with one attached hydrogen (secondary N) is 1. The van der Waals surface area contributed by atoms with Gasteiger partial charge in [-0.2, -0.15) is 0 Å². The van der Waals surface area contributed by atoms with Crippen molar-refractivity contribution in [3.05, 3.63) is 42.0 Å². The van der Waals surface area contributed by atoms with Crippen LogP contribution in [0.1, 0.15) is 37.3 Å². The fourth-order valence-electron chi connectivity index (χ4n) is 4.51. The Kier molecular flexibility index (Phi) is 3.59. The molecule has 1 fully saturated rings. The van der Waals surface area contributed by atoms with Gasteiger partial charge in [-0.15, -0.1) is 6.58 Å². The zero-order chi connectivity index (χ0) is 14.2. The predicted octanol–water partition coefficient (Wildman–Crippen LogP) is 3.45. The van der Waals surface area contributed by atoms with Gasteiger partial charge >= 0.3 is 0 Å². The van der Waals surface area contributed by atoms with Crippen molar-refractivity contribution in [3.63, 3.8) is 0 Å². The number of methoxy groups -OCH3 is 1. The van der Waals surface area contributed by atoms with Crippen LogP contribution in [0.4, 0.5) is 0 Å². The Hall–Kier alpha value is -1.28. The first-order chi connectivity index (χ1) is 9.71. The van der Waals surface area contributed by atoms with Crippen LogP contribution in [0, 0.1) is 5.92 Å². The monoisotopic (exact) mass is 271 g/mol. The van der Waals surface area contributed by atoms with Crippen LogP contribution in [0.25, 0.3) is 0 Å². The van der Waals surface area contributed by atoms with Gasteiger partial charge in [-0.3, -0.25) is 0 Å². The lowest BCUT2D eigenvalue weighted by molar-refractivity contribution is 0.133. The highest BCUT2D eigenvalue weighted by Gasteiger charge is 2.47. The number of hydrogen-bond donors (Lipinski definition) is 1. The predicted molar refractivity (Wildman–Crippen MR) is 83.4 cm³/mol. The normalized spacial score (nSPS) is 32.1. The SMILES string of the molecule is C=CCC12CCNC(C)C1CCc1cc(OC)ccc12. The van der Waals surface area contributed by atoms with Crippen molar-refractivity contribution in [2.45, 2.75) is 44.1 Å². The van der Waals surface area contributed by atoms with Gasteiger partial charge in [0, 0.05) is 11.5 Å². The van der Waals surface area contributed by atoms with Gasteiger partial charge in [0.05, 0.1) is 7.11 Å². The number of rotatable bonds is 3. The van der Waals surface area contributed by atoms with E-state index in [0.29, 0.717) is 6.04 Å². The summed E-state index contributed by atoms with van der Waals surface area (Å²) in [5.41, 5.74) is 3.31. The molecule has 1 aromatic carbocycles. The molecule has 2 nitrogen and oxygen atoms in total. The summed E-state index contributed by atoms with van der Waals surface area (Å²) >= 11 is 0. The first-order valence-corrected chi connectivity index (χ1v) is 7.73. The molecular weight excluding hydrogens is 246 g/mol. The highest BCUT2D eigenvalue weighted by Crippen LogP contribution is 2.50. The first-order valence-electron chi connectivity index (χ1n) is 7.73. The number of benzene rings is 1. The lowest BCUT2D eigenvalue weighted by Gasteiger charge is -2.51. The minimum atomic E-state index is 0.284. The van der Waals surface area contributed by atoms with Crippen molar-refractivity contribution in [3.8, 4) is 5.75 Å². The van der Waals surface area contributed by atoms with Crippen LogP contribution < -0.4 is 10.1 Å². The fourth-order valence-corrected chi connectivity index (χ4v) is 4.51. The van der Waals surface area contributed by atoms with E-state index in [4.69, 9.17) is 4.74 Å². The largest absolute Gasteiger partial charge is 0.497 e. The summed E-state index contributed by atoms with van der Waals surface area (Å²) in [6, 6.07) is 7.27. The van der Waals surface area contributed by atoms with Crippen LogP contribution >= 0.6 is 0 Å². The van der Waals surface area contributed by atoms with Gasteiger partial charge in [-0.05, 0) is 68.3 Å². The van der Waals surface area contributed by atoms with Crippen LogP contribution in [-0.2, 0) is 11.8 Å². The molecule has 20 heavy (non-hydrogen) atoms. The van der Waals surface area contributed by atoms with Crippen molar-refractivity contribution in [2.24, 2.45) is 5.92 Å². The molecule has 3 atom stereocenters. The molecule has 2 heteroatoms. The number of hydrogen-bond acceptors (Lipinski definition) is 2. The smallest absolute Gasteiger partial charge is 0.119 e. The summed E-state index contributed by atoms with van der Waals surface area (Å²) in [5, 5.41) is 3.66. The van der Waals surface area contributed by atoms with Crippen molar-refractivity contribution in [1.82, 2.24) is 5.32 Å². The maximum absolute atomic E-state index is 5.40. The maximum atomic E-state index is 5.40. The Morgan fingerprint density at radius 2 is 2.35 bits per heavy atom. The number of ether oxygens (including phenoxy) is 1. The molecule has 1 aromatic rings. The Morgan fingerprint density at radius 3 is 3.10 bits per heavy atom. The maximum Gasteiger partial charge on any atom is 0.119 e. The van der Waals surface area contributed by atoms with Gasteiger partial charge < -0.3 is 10.1 Å². The number of allylic oxidation sites excluding steroid dienone is 1. The van der Waals surface area contributed by atoms with E-state index < -0.39 is 0 Å². The standard InChI is InChI=1S/C18H25NO/c1-4-9-18-10-11-19-13(2)16(18)7-5-14-12-15(20-3)6-8-17(14)18/h4,6,8,12-13,16,19H,1,5,7,9-11H2,2-3H3. The van der Waals surface area contributed by atoms with E-state index in [2.05, 4.69) is 43.1 Å². The van der Waals surface area contributed by atoms with E-state index in [1.165, 1.54) is 24.8 Å². The number of fused-ring (bicyclic) bond motifs is 3. The molecule has 3 unspecified atom stereocenters. The van der Waals surface area contributed by atoms with Crippen LogP contribution in [0.2, 0.25) is 0 Å². The van der Waals surface area contributed by atoms with Crippen molar-refractivity contribution in [2.75, 3.05) is 13.7 Å². The zero-order valence-corrected chi connectivity index (χ0v) is 12.6. The third kappa shape index (κ3) is 1.98. The van der Waals surface area contributed by atoms with E-state index in [1.807, 2.05) is 0 Å². The highest BCUT2D eigenvalue weighted by atomic mass is 16.5. The lowest BCUT2D eigenvalue weighted by atomic mass is 9.56. The summed E-state index contributed by atoms with van der Waals surface area (Å²) in [7, 11) is 1.75. The number of piperidine rings is 1. The molecule has 0 bridgehead atoms. The summed E-state index contributed by atoms with van der Waals surface area (Å²) in [6.07, 6.45) is 6.85. The van der Waals surface area contributed by atoms with E-state index >= 15 is 0 Å². The molecule has 1 saturated heterocycles. The first kappa shape index (κ1) is 13.7. The van der Waals surface area contributed by atoms with Crippen LogP contribution in [-0.4, -0.2) is 19.7 Å². The van der Waals surface area contributed by atoms with Gasteiger partial charge in [0.1, 0.15) is 5.75 Å². The second kappa shape index (κ2) is 5.25. The van der Waals surface area contributed by atoms with Crippen molar-refractivity contribution < 1.29 is 4.74 Å². The van der Waals surface area contributed by atoms with E-state index in [1.54, 1.807) is 12.7 Å². The summed E-state index contributed by atoms with van der Waals surface area (Å²) in [4.78, 5) is 0. The van der Waals surface area contributed by atoms with Gasteiger partial charge in [-0.25, -0.2) is 0 Å². The minimum Gasteiger partial charge on any atom is -0.497 e. The van der Waals surface area contributed by atoms with Crippen molar-refractivity contribution >= 4 is 0 Å². The molecule has 0 radical (unpaired) electrons. The second-order valence-electron chi connectivity index (χ2n) is 6.31. The summed E-state index contributed by atoms with van der Waals surface area (Å²) in [5.74, 6) is 1.70. The van der Waals surface area contributed by atoms with Gasteiger partial charge in [0.2, 0.25) is 0 Å². The molecule has 1 N–H and O–H groups in total. The topological polar surface area (TPSA) is 21.3 Å². The number of aryl methyl sites for hydroxylation is 1. The van der Waals surface area contributed by atoms with Gasteiger partial charge in [0.15, 0.2) is 0 Å². The van der Waals surface area contributed by atoms with Gasteiger partial charge in [0.25, 0.3) is 0 Å². The summed E-state index contributed by atoms with van der Waals surface area (Å²) in [6.45, 7) is 7.48. The molecule has 2 aliphatic rings. The highest BCUT2D eigenvalue weighted by molar-refractivity contribution is 5.44. The third-order valence-corrected chi connectivity index (χ3v) is 5.43. The molecule has 0 amide bonds. The second-order valence-corrected chi connectivity index (χ2v) is 6.31. The van der Waals surface area contributed by atoms with Crippen molar-refractivity contribution in [1.29, 1.82) is 0 Å². The Bertz CT molecular complexity index is 510. The molecule has 1 heterocycles. The minimum absolute atomic E-state index is 0.284. The molecule has 0 aromatic heterocycles. The molecule has 108 valence electrons. The molecule has 1 aliphatic carbocycles. The zero-order valence-electron chi connectivity index (χ0n) is 12.6. The molecule has 3 rings (SSSR count). The summed E-state index contributed by atoms with van der Waals surface area (Å²) < 4.78 is 5.40. The Balaban J connectivity index is 2.10. The quantitative estimate of drug-likeness (QED) is 0.850. The molecule has 0 spiro atoms. The molecular formula is C18H25NO. The Labute approximate surface area is 122 Å². The van der Waals surface area contributed by atoms with E-state index in [-0.39, 0.29) is 5.41 Å². The molecule has 1 aliphatic heterocycles. The third-order valence-electron chi connectivity index (χ3n) is 5.43. The average molecular weight is 271 g/mol.